The molecule has 1 aromatic rings. The smallest absolute Gasteiger partial charge is 0.272 e. The van der Waals surface area contributed by atoms with Gasteiger partial charge in [0, 0.05) is 38.0 Å². The molecular weight excluding hydrogens is 325 g/mol. The molecule has 1 aromatic carbocycles. The first-order valence-corrected chi connectivity index (χ1v) is 9.41. The third-order valence-corrected chi connectivity index (χ3v) is 4.81. The van der Waals surface area contributed by atoms with Gasteiger partial charge in [0.1, 0.15) is 9.84 Å². The molecule has 0 saturated carbocycles. The summed E-state index contributed by atoms with van der Waals surface area (Å²) >= 11 is 0. The molecule has 128 valence electrons. The summed E-state index contributed by atoms with van der Waals surface area (Å²) in [5.74, 6) is -0.499. The van der Waals surface area contributed by atoms with Gasteiger partial charge in [-0.3, -0.25) is 10.1 Å². The van der Waals surface area contributed by atoms with Crippen LogP contribution in [0.15, 0.2) is 18.2 Å². The molecule has 1 fully saturated rings. The lowest BCUT2D eigenvalue weighted by Crippen LogP contribution is -2.41. The Morgan fingerprint density at radius 3 is 2.57 bits per heavy atom. The summed E-state index contributed by atoms with van der Waals surface area (Å²) in [5, 5.41) is 13.7. The topological polar surface area (TPSA) is 92.6 Å². The molecule has 0 unspecified atom stereocenters. The van der Waals surface area contributed by atoms with Crippen LogP contribution < -0.4 is 5.32 Å². The Balaban J connectivity index is 1.86. The van der Waals surface area contributed by atoms with Crippen LogP contribution >= 0.6 is 0 Å². The maximum absolute atomic E-state index is 13.9. The zero-order valence-corrected chi connectivity index (χ0v) is 13.7. The summed E-state index contributed by atoms with van der Waals surface area (Å²) in [6, 6.07) is 3.63. The van der Waals surface area contributed by atoms with Crippen molar-refractivity contribution in [2.24, 2.45) is 0 Å². The SMILES string of the molecule is CS(=O)(=O)CCN1CCC(Nc2ccc([N+](=O)[O-])cc2F)CC1. The average Bonchev–Trinajstić information content (AvgIpc) is 2.47. The number of nitrogens with one attached hydrogen (secondary N) is 1. The fourth-order valence-electron chi connectivity index (χ4n) is 2.55. The molecule has 1 saturated heterocycles. The summed E-state index contributed by atoms with van der Waals surface area (Å²) in [6.45, 7) is 1.99. The van der Waals surface area contributed by atoms with Gasteiger partial charge in [0.05, 0.1) is 22.4 Å². The number of sulfone groups is 1. The Morgan fingerprint density at radius 2 is 2.04 bits per heavy atom. The minimum absolute atomic E-state index is 0.0699. The van der Waals surface area contributed by atoms with E-state index in [1.165, 1.54) is 18.4 Å². The molecule has 1 aliphatic rings. The van der Waals surface area contributed by atoms with Gasteiger partial charge in [-0.25, -0.2) is 12.8 Å². The van der Waals surface area contributed by atoms with Crippen molar-refractivity contribution in [1.82, 2.24) is 4.90 Å². The molecular formula is C14H20FN3O4S. The number of nitro benzene ring substituents is 1. The van der Waals surface area contributed by atoms with E-state index in [9.17, 15) is 22.9 Å². The second kappa shape index (κ2) is 7.22. The van der Waals surface area contributed by atoms with Crippen LogP contribution in [0.2, 0.25) is 0 Å². The minimum atomic E-state index is -2.96. The fraction of sp³-hybridized carbons (Fsp3) is 0.571. The predicted molar refractivity (Wildman–Crippen MR) is 85.8 cm³/mol. The van der Waals surface area contributed by atoms with Crippen molar-refractivity contribution in [2.45, 2.75) is 18.9 Å². The van der Waals surface area contributed by atoms with Crippen molar-refractivity contribution < 1.29 is 17.7 Å². The van der Waals surface area contributed by atoms with E-state index >= 15 is 0 Å². The lowest BCUT2D eigenvalue weighted by Gasteiger charge is -2.32. The number of nitro groups is 1. The Labute approximate surface area is 134 Å². The van der Waals surface area contributed by atoms with Crippen LogP contribution in [0.1, 0.15) is 12.8 Å². The molecule has 0 atom stereocenters. The van der Waals surface area contributed by atoms with Crippen molar-refractivity contribution >= 4 is 21.2 Å². The molecule has 0 aromatic heterocycles. The van der Waals surface area contributed by atoms with E-state index in [4.69, 9.17) is 0 Å². The second-order valence-electron chi connectivity index (χ2n) is 5.81. The van der Waals surface area contributed by atoms with E-state index in [-0.39, 0.29) is 23.2 Å². The number of benzene rings is 1. The number of likely N-dealkylation sites (tertiary alicyclic amines) is 1. The Bertz CT molecular complexity index is 673. The molecule has 23 heavy (non-hydrogen) atoms. The molecule has 0 spiro atoms. The van der Waals surface area contributed by atoms with Gasteiger partial charge in [0.15, 0.2) is 5.82 Å². The predicted octanol–water partition coefficient (Wildman–Crippen LogP) is 1.65. The molecule has 2 rings (SSSR count). The first-order chi connectivity index (χ1) is 10.7. The molecule has 1 aliphatic heterocycles. The van der Waals surface area contributed by atoms with Crippen molar-refractivity contribution in [2.75, 3.05) is 37.0 Å². The van der Waals surface area contributed by atoms with Crippen LogP contribution in [0.4, 0.5) is 15.8 Å². The average molecular weight is 345 g/mol. The minimum Gasteiger partial charge on any atom is -0.380 e. The zero-order valence-electron chi connectivity index (χ0n) is 12.9. The monoisotopic (exact) mass is 345 g/mol. The molecule has 7 nitrogen and oxygen atoms in total. The van der Waals surface area contributed by atoms with E-state index in [1.54, 1.807) is 0 Å². The fourth-order valence-corrected chi connectivity index (χ4v) is 3.14. The highest BCUT2D eigenvalue weighted by atomic mass is 32.2. The molecule has 0 bridgehead atoms. The van der Waals surface area contributed by atoms with Gasteiger partial charge in [-0.15, -0.1) is 0 Å². The standard InChI is InChI=1S/C14H20FN3O4S/c1-23(21,22)9-8-17-6-4-11(5-7-17)16-14-3-2-12(18(19)20)10-13(14)15/h2-3,10-11,16H,4-9H2,1H3. The lowest BCUT2D eigenvalue weighted by molar-refractivity contribution is -0.385. The molecule has 0 amide bonds. The molecule has 0 radical (unpaired) electrons. The third-order valence-electron chi connectivity index (χ3n) is 3.89. The van der Waals surface area contributed by atoms with Gasteiger partial charge in [0.2, 0.25) is 0 Å². The number of hydrogen-bond acceptors (Lipinski definition) is 6. The van der Waals surface area contributed by atoms with E-state index in [1.807, 2.05) is 0 Å². The molecule has 1 N–H and O–H groups in total. The van der Waals surface area contributed by atoms with Crippen molar-refractivity contribution in [3.63, 3.8) is 0 Å². The highest BCUT2D eigenvalue weighted by molar-refractivity contribution is 7.90. The number of nitrogens with zero attached hydrogens (tertiary/aromatic N) is 2. The summed E-state index contributed by atoms with van der Waals surface area (Å²) < 4.78 is 36.2. The first-order valence-electron chi connectivity index (χ1n) is 7.35. The second-order valence-corrected chi connectivity index (χ2v) is 8.07. The van der Waals surface area contributed by atoms with Gasteiger partial charge >= 0.3 is 0 Å². The maximum Gasteiger partial charge on any atom is 0.272 e. The maximum atomic E-state index is 13.9. The number of anilines is 1. The first kappa shape index (κ1) is 17.6. The number of non-ortho nitro benzene ring substituents is 1. The summed E-state index contributed by atoms with van der Waals surface area (Å²) in [6.07, 6.45) is 2.75. The highest BCUT2D eigenvalue weighted by Crippen LogP contribution is 2.23. The van der Waals surface area contributed by atoms with Crippen molar-refractivity contribution in [1.29, 1.82) is 0 Å². The van der Waals surface area contributed by atoms with Crippen LogP contribution in [0.3, 0.4) is 0 Å². The van der Waals surface area contributed by atoms with Crippen LogP contribution in [0.5, 0.6) is 0 Å². The number of halogens is 1. The lowest BCUT2D eigenvalue weighted by atomic mass is 10.0. The van der Waals surface area contributed by atoms with Crippen molar-refractivity contribution in [3.8, 4) is 0 Å². The normalized spacial score (nSPS) is 17.1. The van der Waals surface area contributed by atoms with Crippen molar-refractivity contribution in [3.05, 3.63) is 34.1 Å². The number of hydrogen-bond donors (Lipinski definition) is 1. The van der Waals surface area contributed by atoms with Crippen LogP contribution in [0, 0.1) is 15.9 Å². The zero-order chi connectivity index (χ0) is 17.0. The number of piperidine rings is 1. The third kappa shape index (κ3) is 5.43. The summed E-state index contributed by atoms with van der Waals surface area (Å²) in [7, 11) is -2.96. The van der Waals surface area contributed by atoms with E-state index in [2.05, 4.69) is 10.2 Å². The molecule has 9 heteroatoms. The molecule has 0 aliphatic carbocycles. The van der Waals surface area contributed by atoms with E-state index in [0.29, 0.717) is 6.54 Å². The number of rotatable bonds is 6. The summed E-state index contributed by atoms with van der Waals surface area (Å²) in [5.41, 5.74) is -0.0196. The van der Waals surface area contributed by atoms with Gasteiger partial charge in [0.25, 0.3) is 5.69 Å². The summed E-state index contributed by atoms with van der Waals surface area (Å²) in [4.78, 5) is 12.0. The highest BCUT2D eigenvalue weighted by Gasteiger charge is 2.21. The van der Waals surface area contributed by atoms with Gasteiger partial charge < -0.3 is 10.2 Å². The van der Waals surface area contributed by atoms with Gasteiger partial charge in [-0.1, -0.05) is 0 Å². The largest absolute Gasteiger partial charge is 0.380 e. The van der Waals surface area contributed by atoms with Gasteiger partial charge in [-0.05, 0) is 18.9 Å². The van der Waals surface area contributed by atoms with Crippen LogP contribution in [0.25, 0.3) is 0 Å². The Morgan fingerprint density at radius 1 is 1.39 bits per heavy atom. The van der Waals surface area contributed by atoms with Crippen LogP contribution in [-0.4, -0.2) is 55.9 Å². The molecule has 1 heterocycles. The van der Waals surface area contributed by atoms with E-state index in [0.717, 1.165) is 32.0 Å². The Hall–Kier alpha value is -1.74. The van der Waals surface area contributed by atoms with Crippen LogP contribution in [-0.2, 0) is 9.84 Å². The van der Waals surface area contributed by atoms with E-state index < -0.39 is 20.6 Å². The quantitative estimate of drug-likeness (QED) is 0.622. The Kier molecular flexibility index (Phi) is 5.53. The van der Waals surface area contributed by atoms with Gasteiger partial charge in [-0.2, -0.15) is 0 Å².